The minimum absolute atomic E-state index is 0.211. The Bertz CT molecular complexity index is 428. The zero-order chi connectivity index (χ0) is 11.4. The summed E-state index contributed by atoms with van der Waals surface area (Å²) < 4.78 is 5.06. The van der Waals surface area contributed by atoms with Gasteiger partial charge < -0.3 is 9.84 Å². The summed E-state index contributed by atoms with van der Waals surface area (Å²) in [7, 11) is 0. The Labute approximate surface area is 93.2 Å². The van der Waals surface area contributed by atoms with Crippen molar-refractivity contribution in [3.8, 4) is 0 Å². The van der Waals surface area contributed by atoms with Crippen molar-refractivity contribution in [2.75, 3.05) is 6.54 Å². The fraction of sp³-hybridized carbons (Fsp3) is 0.455. The summed E-state index contributed by atoms with van der Waals surface area (Å²) >= 11 is 0. The summed E-state index contributed by atoms with van der Waals surface area (Å²) in [5, 5.41) is 6.54. The molecule has 16 heavy (non-hydrogen) atoms. The number of amides is 1. The standard InChI is InChI=1S/C11H13N3O2/c1-2-3-9(15)12-7-6-10-13-11(14-16-10)8-4-5-8/h3,8H,1,4-7H2,(H,12,15). The van der Waals surface area contributed by atoms with Crippen LogP contribution in [0.4, 0.5) is 0 Å². The summed E-state index contributed by atoms with van der Waals surface area (Å²) in [5.74, 6) is 1.66. The molecule has 5 nitrogen and oxygen atoms in total. The maximum absolute atomic E-state index is 11.0. The highest BCUT2D eigenvalue weighted by molar-refractivity contribution is 5.87. The first-order valence-corrected chi connectivity index (χ1v) is 5.25. The minimum Gasteiger partial charge on any atom is -0.352 e. The fourth-order valence-electron chi connectivity index (χ4n) is 1.31. The Morgan fingerprint density at radius 3 is 3.19 bits per heavy atom. The van der Waals surface area contributed by atoms with Crippen molar-refractivity contribution in [3.05, 3.63) is 30.1 Å². The normalized spacial score (nSPS) is 14.2. The number of hydrogen-bond donors (Lipinski definition) is 1. The molecule has 0 aromatic carbocycles. The van der Waals surface area contributed by atoms with Gasteiger partial charge in [-0.3, -0.25) is 4.79 Å². The van der Waals surface area contributed by atoms with Crippen LogP contribution in [0.1, 0.15) is 30.5 Å². The van der Waals surface area contributed by atoms with Gasteiger partial charge in [0.25, 0.3) is 5.91 Å². The van der Waals surface area contributed by atoms with Crippen LogP contribution in [0.5, 0.6) is 0 Å². The van der Waals surface area contributed by atoms with E-state index in [2.05, 4.69) is 27.8 Å². The molecule has 0 bridgehead atoms. The van der Waals surface area contributed by atoms with E-state index in [0.29, 0.717) is 24.8 Å². The number of aromatic nitrogens is 2. The molecular formula is C11H13N3O2. The molecular weight excluding hydrogens is 206 g/mol. The summed E-state index contributed by atoms with van der Waals surface area (Å²) in [6.45, 7) is 3.79. The van der Waals surface area contributed by atoms with Crippen molar-refractivity contribution in [2.45, 2.75) is 25.2 Å². The smallest absolute Gasteiger partial charge is 0.251 e. The molecule has 0 aliphatic heterocycles. The quantitative estimate of drug-likeness (QED) is 0.591. The Balaban J connectivity index is 1.76. The third-order valence-corrected chi connectivity index (χ3v) is 2.30. The summed E-state index contributed by atoms with van der Waals surface area (Å²) in [5.41, 5.74) is 2.41. The molecule has 2 rings (SSSR count). The fourth-order valence-corrected chi connectivity index (χ4v) is 1.31. The zero-order valence-electron chi connectivity index (χ0n) is 8.90. The topological polar surface area (TPSA) is 68.0 Å². The molecule has 1 heterocycles. The Morgan fingerprint density at radius 2 is 2.50 bits per heavy atom. The molecule has 0 spiro atoms. The molecule has 1 saturated carbocycles. The van der Waals surface area contributed by atoms with E-state index in [9.17, 15) is 4.79 Å². The molecule has 1 N–H and O–H groups in total. The van der Waals surface area contributed by atoms with E-state index in [1.54, 1.807) is 0 Å². The second-order valence-corrected chi connectivity index (χ2v) is 3.71. The lowest BCUT2D eigenvalue weighted by Crippen LogP contribution is -2.23. The summed E-state index contributed by atoms with van der Waals surface area (Å²) in [6.07, 6.45) is 4.11. The van der Waals surface area contributed by atoms with Crippen molar-refractivity contribution in [1.29, 1.82) is 0 Å². The number of carbonyl (C=O) groups is 1. The Morgan fingerprint density at radius 1 is 1.69 bits per heavy atom. The molecule has 0 unspecified atom stereocenters. The van der Waals surface area contributed by atoms with Gasteiger partial charge in [0.2, 0.25) is 5.89 Å². The van der Waals surface area contributed by atoms with E-state index in [-0.39, 0.29) is 5.91 Å². The number of hydrogen-bond acceptors (Lipinski definition) is 4. The summed E-state index contributed by atoms with van der Waals surface area (Å²) in [4.78, 5) is 15.3. The van der Waals surface area contributed by atoms with Crippen LogP contribution in [-0.4, -0.2) is 22.6 Å². The molecule has 0 saturated heterocycles. The lowest BCUT2D eigenvalue weighted by Gasteiger charge is -1.96. The van der Waals surface area contributed by atoms with E-state index >= 15 is 0 Å². The highest BCUT2D eigenvalue weighted by atomic mass is 16.5. The third-order valence-electron chi connectivity index (χ3n) is 2.30. The van der Waals surface area contributed by atoms with E-state index in [0.717, 1.165) is 18.7 Å². The Kier molecular flexibility index (Phi) is 3.17. The molecule has 1 aliphatic rings. The van der Waals surface area contributed by atoms with Crippen LogP contribution in [0.25, 0.3) is 0 Å². The van der Waals surface area contributed by atoms with Gasteiger partial charge in [0.15, 0.2) is 5.82 Å². The molecule has 84 valence electrons. The van der Waals surface area contributed by atoms with Gasteiger partial charge in [-0.05, 0) is 12.8 Å². The lowest BCUT2D eigenvalue weighted by atomic mass is 10.4. The molecule has 1 aliphatic carbocycles. The molecule has 0 atom stereocenters. The van der Waals surface area contributed by atoms with Crippen LogP contribution in [0.15, 0.2) is 22.9 Å². The van der Waals surface area contributed by atoms with Gasteiger partial charge in [-0.2, -0.15) is 4.98 Å². The highest BCUT2D eigenvalue weighted by Crippen LogP contribution is 2.37. The van der Waals surface area contributed by atoms with Crippen LogP contribution in [0.2, 0.25) is 0 Å². The van der Waals surface area contributed by atoms with Crippen LogP contribution in [-0.2, 0) is 11.2 Å². The van der Waals surface area contributed by atoms with Crippen LogP contribution < -0.4 is 5.32 Å². The molecule has 1 amide bonds. The van der Waals surface area contributed by atoms with E-state index in [1.807, 2.05) is 0 Å². The molecule has 1 fully saturated rings. The third kappa shape index (κ3) is 2.81. The average molecular weight is 219 g/mol. The SMILES string of the molecule is C=C=CC(=O)NCCc1nc(C2CC2)no1. The molecule has 1 aromatic heterocycles. The van der Waals surface area contributed by atoms with Crippen LogP contribution in [0.3, 0.4) is 0 Å². The van der Waals surface area contributed by atoms with Crippen molar-refractivity contribution in [1.82, 2.24) is 15.5 Å². The number of nitrogens with one attached hydrogen (secondary N) is 1. The van der Waals surface area contributed by atoms with Gasteiger partial charge in [-0.15, -0.1) is 5.73 Å². The molecule has 5 heteroatoms. The van der Waals surface area contributed by atoms with Gasteiger partial charge in [0.05, 0.1) is 0 Å². The van der Waals surface area contributed by atoms with Gasteiger partial charge in [-0.25, -0.2) is 0 Å². The monoisotopic (exact) mass is 219 g/mol. The first kappa shape index (κ1) is 10.6. The second kappa shape index (κ2) is 4.77. The van der Waals surface area contributed by atoms with Crippen molar-refractivity contribution in [3.63, 3.8) is 0 Å². The lowest BCUT2D eigenvalue weighted by molar-refractivity contribution is -0.116. The molecule has 1 aromatic rings. The van der Waals surface area contributed by atoms with Crippen LogP contribution in [0, 0.1) is 0 Å². The highest BCUT2D eigenvalue weighted by Gasteiger charge is 2.28. The predicted molar refractivity (Wildman–Crippen MR) is 56.7 cm³/mol. The largest absolute Gasteiger partial charge is 0.352 e. The molecule has 0 radical (unpaired) electrons. The van der Waals surface area contributed by atoms with Crippen molar-refractivity contribution < 1.29 is 9.32 Å². The maximum atomic E-state index is 11.0. The first-order valence-electron chi connectivity index (χ1n) is 5.25. The van der Waals surface area contributed by atoms with Gasteiger partial charge in [0.1, 0.15) is 0 Å². The van der Waals surface area contributed by atoms with Gasteiger partial charge >= 0.3 is 0 Å². The van der Waals surface area contributed by atoms with Gasteiger partial charge in [0, 0.05) is 25.0 Å². The number of rotatable bonds is 5. The predicted octanol–water partition coefficient (Wildman–Crippen LogP) is 0.947. The number of nitrogens with zero attached hydrogens (tertiary/aromatic N) is 2. The number of carbonyl (C=O) groups excluding carboxylic acids is 1. The first-order chi connectivity index (χ1) is 7.79. The van der Waals surface area contributed by atoms with Crippen molar-refractivity contribution >= 4 is 5.91 Å². The second-order valence-electron chi connectivity index (χ2n) is 3.71. The zero-order valence-corrected chi connectivity index (χ0v) is 8.90. The van der Waals surface area contributed by atoms with E-state index < -0.39 is 0 Å². The van der Waals surface area contributed by atoms with E-state index in [4.69, 9.17) is 4.52 Å². The van der Waals surface area contributed by atoms with Gasteiger partial charge in [-0.1, -0.05) is 11.7 Å². The Hall–Kier alpha value is -1.87. The minimum atomic E-state index is -0.211. The maximum Gasteiger partial charge on any atom is 0.251 e. The van der Waals surface area contributed by atoms with Crippen molar-refractivity contribution in [2.24, 2.45) is 0 Å². The average Bonchev–Trinajstić information content (AvgIpc) is 3.00. The summed E-state index contributed by atoms with van der Waals surface area (Å²) in [6, 6.07) is 0. The van der Waals surface area contributed by atoms with Crippen LogP contribution >= 0.6 is 0 Å². The van der Waals surface area contributed by atoms with E-state index in [1.165, 1.54) is 6.08 Å².